The number of nitrogens with one attached hydrogen (secondary N) is 2. The molecule has 0 fully saturated rings. The van der Waals surface area contributed by atoms with E-state index in [2.05, 4.69) is 34.6 Å². The molecule has 0 aliphatic rings. The Morgan fingerprint density at radius 2 is 1.63 bits per heavy atom. The molecule has 1 atom stereocenters. The zero-order chi connectivity index (χ0) is 21.7. The fourth-order valence-electron chi connectivity index (χ4n) is 3.23. The minimum absolute atomic E-state index is 0.243. The fraction of sp³-hybridized carbons (Fsp3) is 0.217. The third kappa shape index (κ3) is 5.01. The molecular weight excluding hydrogens is 382 g/mol. The maximum Gasteiger partial charge on any atom is 0.274 e. The molecule has 1 unspecified atom stereocenters. The van der Waals surface area contributed by atoms with Gasteiger partial charge in [-0.3, -0.25) is 19.6 Å². The molecule has 0 aromatic heterocycles. The van der Waals surface area contributed by atoms with Gasteiger partial charge in [-0.1, -0.05) is 30.3 Å². The SMILES string of the molecule is CC(ONC(=O)c1ccc(C(=O)NO)cc1)c1cc(CN(C)C)c2ccccc2c1. The van der Waals surface area contributed by atoms with Gasteiger partial charge >= 0.3 is 0 Å². The highest BCUT2D eigenvalue weighted by atomic mass is 16.7. The molecule has 0 spiro atoms. The minimum atomic E-state index is -0.642. The summed E-state index contributed by atoms with van der Waals surface area (Å²) in [5, 5.41) is 11.0. The average Bonchev–Trinajstić information content (AvgIpc) is 2.76. The zero-order valence-electron chi connectivity index (χ0n) is 17.2. The topological polar surface area (TPSA) is 90.9 Å². The van der Waals surface area contributed by atoms with Crippen molar-refractivity contribution >= 4 is 22.6 Å². The Morgan fingerprint density at radius 3 is 2.27 bits per heavy atom. The Bertz CT molecular complexity index is 1050. The van der Waals surface area contributed by atoms with Crippen LogP contribution in [0, 0.1) is 0 Å². The molecule has 0 heterocycles. The number of nitrogens with zero attached hydrogens (tertiary/aromatic N) is 1. The maximum atomic E-state index is 12.4. The Kier molecular flexibility index (Phi) is 6.79. The molecule has 0 saturated carbocycles. The van der Waals surface area contributed by atoms with E-state index >= 15 is 0 Å². The molecule has 156 valence electrons. The quantitative estimate of drug-likeness (QED) is 0.412. The standard InChI is InChI=1S/C23H25N3O4/c1-15(30-25-23(28)17-10-8-16(9-11-17)22(27)24-29)19-12-18-6-4-5-7-21(18)20(13-19)14-26(2)3/h4-13,15,29H,14H2,1-3H3,(H,24,27)(H,25,28). The fourth-order valence-corrected chi connectivity index (χ4v) is 3.23. The first kappa shape index (κ1) is 21.4. The van der Waals surface area contributed by atoms with Crippen molar-refractivity contribution in [2.75, 3.05) is 14.1 Å². The number of fused-ring (bicyclic) bond motifs is 1. The molecule has 0 saturated heterocycles. The molecule has 3 rings (SSSR count). The lowest BCUT2D eigenvalue weighted by atomic mass is 9.98. The van der Waals surface area contributed by atoms with Gasteiger partial charge in [-0.05, 0) is 73.3 Å². The second-order valence-electron chi connectivity index (χ2n) is 7.35. The van der Waals surface area contributed by atoms with Gasteiger partial charge in [0, 0.05) is 17.7 Å². The van der Waals surface area contributed by atoms with Crippen molar-refractivity contribution < 1.29 is 19.6 Å². The predicted molar refractivity (Wildman–Crippen MR) is 114 cm³/mol. The van der Waals surface area contributed by atoms with E-state index in [9.17, 15) is 9.59 Å². The Hall–Kier alpha value is -3.26. The van der Waals surface area contributed by atoms with E-state index in [-0.39, 0.29) is 11.7 Å². The Morgan fingerprint density at radius 1 is 1.00 bits per heavy atom. The number of rotatable bonds is 7. The van der Waals surface area contributed by atoms with E-state index in [0.29, 0.717) is 5.56 Å². The summed E-state index contributed by atoms with van der Waals surface area (Å²) in [5.74, 6) is -1.07. The molecule has 2 amide bonds. The zero-order valence-corrected chi connectivity index (χ0v) is 17.2. The van der Waals surface area contributed by atoms with Crippen molar-refractivity contribution in [1.82, 2.24) is 15.9 Å². The lowest BCUT2D eigenvalue weighted by Gasteiger charge is -2.18. The summed E-state index contributed by atoms with van der Waals surface area (Å²) in [4.78, 5) is 31.5. The van der Waals surface area contributed by atoms with Crippen LogP contribution in [-0.2, 0) is 11.4 Å². The summed E-state index contributed by atoms with van der Waals surface area (Å²) in [6.45, 7) is 2.67. The monoisotopic (exact) mass is 407 g/mol. The molecular formula is C23H25N3O4. The van der Waals surface area contributed by atoms with Crippen LogP contribution >= 0.6 is 0 Å². The van der Waals surface area contributed by atoms with Crippen LogP contribution in [-0.4, -0.2) is 36.0 Å². The molecule has 0 radical (unpaired) electrons. The van der Waals surface area contributed by atoms with Crippen molar-refractivity contribution in [3.63, 3.8) is 0 Å². The second kappa shape index (κ2) is 9.49. The largest absolute Gasteiger partial charge is 0.305 e. The first-order valence-electron chi connectivity index (χ1n) is 9.56. The number of hydrogen-bond acceptors (Lipinski definition) is 5. The number of hydrogen-bond donors (Lipinski definition) is 3. The number of benzene rings is 3. The highest BCUT2D eigenvalue weighted by Gasteiger charge is 2.14. The summed E-state index contributed by atoms with van der Waals surface area (Å²) in [5.41, 5.74) is 6.75. The van der Waals surface area contributed by atoms with Gasteiger partial charge in [-0.25, -0.2) is 11.0 Å². The molecule has 0 bridgehead atoms. The van der Waals surface area contributed by atoms with Gasteiger partial charge in [-0.2, -0.15) is 0 Å². The van der Waals surface area contributed by atoms with E-state index in [0.717, 1.165) is 17.5 Å². The van der Waals surface area contributed by atoms with Gasteiger partial charge in [0.2, 0.25) is 0 Å². The smallest absolute Gasteiger partial charge is 0.274 e. The molecule has 30 heavy (non-hydrogen) atoms. The van der Waals surface area contributed by atoms with Crippen molar-refractivity contribution in [2.24, 2.45) is 0 Å². The van der Waals surface area contributed by atoms with E-state index in [1.54, 1.807) is 5.48 Å². The summed E-state index contributed by atoms with van der Waals surface area (Å²) < 4.78 is 0. The van der Waals surface area contributed by atoms with Crippen molar-refractivity contribution in [2.45, 2.75) is 19.6 Å². The number of carbonyl (C=O) groups excluding carboxylic acids is 2. The predicted octanol–water partition coefficient (Wildman–Crippen LogP) is 3.44. The van der Waals surface area contributed by atoms with E-state index in [4.69, 9.17) is 10.0 Å². The number of hydroxylamine groups is 2. The normalized spacial score (nSPS) is 12.0. The number of amides is 2. The molecule has 0 aliphatic heterocycles. The van der Waals surface area contributed by atoms with Crippen molar-refractivity contribution in [1.29, 1.82) is 0 Å². The van der Waals surface area contributed by atoms with Gasteiger partial charge in [0.15, 0.2) is 0 Å². The summed E-state index contributed by atoms with van der Waals surface area (Å²) in [6.07, 6.45) is -0.362. The molecule has 7 nitrogen and oxygen atoms in total. The van der Waals surface area contributed by atoms with E-state index < -0.39 is 11.8 Å². The highest BCUT2D eigenvalue weighted by molar-refractivity contribution is 5.97. The third-order valence-corrected chi connectivity index (χ3v) is 4.77. The van der Waals surface area contributed by atoms with Crippen molar-refractivity contribution in [3.8, 4) is 0 Å². The highest BCUT2D eigenvalue weighted by Crippen LogP contribution is 2.26. The average molecular weight is 407 g/mol. The number of carbonyl (C=O) groups is 2. The second-order valence-corrected chi connectivity index (χ2v) is 7.35. The van der Waals surface area contributed by atoms with Crippen LogP contribution in [0.5, 0.6) is 0 Å². The van der Waals surface area contributed by atoms with E-state index in [1.165, 1.54) is 35.2 Å². The van der Waals surface area contributed by atoms with Crippen LogP contribution in [0.4, 0.5) is 0 Å². The Balaban J connectivity index is 1.72. The van der Waals surface area contributed by atoms with Crippen LogP contribution in [0.25, 0.3) is 10.8 Å². The van der Waals surface area contributed by atoms with Gasteiger partial charge < -0.3 is 4.90 Å². The molecule has 7 heteroatoms. The van der Waals surface area contributed by atoms with Crippen LogP contribution < -0.4 is 11.0 Å². The van der Waals surface area contributed by atoms with Gasteiger partial charge in [0.25, 0.3) is 11.8 Å². The van der Waals surface area contributed by atoms with Gasteiger partial charge in [-0.15, -0.1) is 0 Å². The van der Waals surface area contributed by atoms with Gasteiger partial charge in [0.05, 0.1) is 0 Å². The molecule has 3 N–H and O–H groups in total. The molecule has 0 aliphatic carbocycles. The first-order valence-corrected chi connectivity index (χ1v) is 9.56. The van der Waals surface area contributed by atoms with Crippen LogP contribution in [0.15, 0.2) is 60.7 Å². The van der Waals surface area contributed by atoms with Gasteiger partial charge in [0.1, 0.15) is 6.10 Å². The lowest BCUT2D eigenvalue weighted by molar-refractivity contribution is -0.00889. The third-order valence-electron chi connectivity index (χ3n) is 4.77. The summed E-state index contributed by atoms with van der Waals surface area (Å²) in [7, 11) is 4.05. The van der Waals surface area contributed by atoms with Crippen LogP contribution in [0.2, 0.25) is 0 Å². The Labute approximate surface area is 175 Å². The first-order chi connectivity index (χ1) is 14.4. The lowest BCUT2D eigenvalue weighted by Crippen LogP contribution is -2.25. The van der Waals surface area contributed by atoms with Crippen LogP contribution in [0.3, 0.4) is 0 Å². The van der Waals surface area contributed by atoms with E-state index in [1.807, 2.05) is 33.2 Å². The maximum absolute atomic E-state index is 12.4. The van der Waals surface area contributed by atoms with Crippen molar-refractivity contribution in [3.05, 3.63) is 82.9 Å². The van der Waals surface area contributed by atoms with Crippen LogP contribution in [0.1, 0.15) is 44.9 Å². The molecule has 3 aromatic carbocycles. The summed E-state index contributed by atoms with van der Waals surface area (Å²) >= 11 is 0. The molecule has 3 aromatic rings. The minimum Gasteiger partial charge on any atom is -0.305 e. The summed E-state index contributed by atoms with van der Waals surface area (Å²) in [6, 6.07) is 18.2.